The molecule has 27 heavy (non-hydrogen) atoms. The van der Waals surface area contributed by atoms with Crippen LogP contribution in [0.5, 0.6) is 5.75 Å². The lowest BCUT2D eigenvalue weighted by Crippen LogP contribution is -2.38. The van der Waals surface area contributed by atoms with Crippen molar-refractivity contribution in [1.29, 1.82) is 0 Å². The highest BCUT2D eigenvalue weighted by Gasteiger charge is 2.38. The summed E-state index contributed by atoms with van der Waals surface area (Å²) in [5.74, 6) is -1.57. The van der Waals surface area contributed by atoms with Crippen molar-refractivity contribution in [3.05, 3.63) is 23.8 Å². The van der Waals surface area contributed by atoms with Crippen LogP contribution in [0.3, 0.4) is 0 Å². The van der Waals surface area contributed by atoms with Gasteiger partial charge >= 0.3 is 12.0 Å². The van der Waals surface area contributed by atoms with Gasteiger partial charge in [-0.25, -0.2) is 4.79 Å². The molecule has 2 saturated heterocycles. The van der Waals surface area contributed by atoms with E-state index in [1.54, 1.807) is 6.07 Å². The lowest BCUT2D eigenvalue weighted by Gasteiger charge is -2.20. The average molecular weight is 375 g/mol. The van der Waals surface area contributed by atoms with Gasteiger partial charge in [0.05, 0.1) is 18.7 Å². The predicted molar refractivity (Wildman–Crippen MR) is 94.3 cm³/mol. The molecule has 1 N–H and O–H groups in total. The van der Waals surface area contributed by atoms with E-state index < -0.39 is 30.4 Å². The van der Waals surface area contributed by atoms with Gasteiger partial charge in [0.2, 0.25) is 5.91 Å². The van der Waals surface area contributed by atoms with Crippen LogP contribution < -0.4 is 15.0 Å². The summed E-state index contributed by atoms with van der Waals surface area (Å²) < 4.78 is 10.3. The van der Waals surface area contributed by atoms with E-state index in [0.29, 0.717) is 18.0 Å². The van der Waals surface area contributed by atoms with Gasteiger partial charge in [-0.3, -0.25) is 19.3 Å². The van der Waals surface area contributed by atoms with Crippen LogP contribution in [0.25, 0.3) is 0 Å². The number of esters is 1. The van der Waals surface area contributed by atoms with Crippen molar-refractivity contribution < 1.29 is 28.7 Å². The molecule has 1 aromatic rings. The van der Waals surface area contributed by atoms with Gasteiger partial charge in [-0.15, -0.1) is 0 Å². The number of hydrogen-bond donors (Lipinski definition) is 1. The number of rotatable bonds is 5. The number of nitrogens with zero attached hydrogens (tertiary/aromatic N) is 2. The number of methoxy groups -OCH3 is 1. The van der Waals surface area contributed by atoms with Gasteiger partial charge in [-0.2, -0.15) is 0 Å². The maximum atomic E-state index is 12.4. The molecular formula is C18H21N3O6. The van der Waals surface area contributed by atoms with E-state index in [-0.39, 0.29) is 25.4 Å². The molecule has 0 aliphatic carbocycles. The minimum atomic E-state index is -0.678. The summed E-state index contributed by atoms with van der Waals surface area (Å²) in [4.78, 5) is 50.5. The molecule has 0 radical (unpaired) electrons. The molecule has 4 amide bonds. The Bertz CT molecular complexity index is 793. The molecule has 2 aliphatic heterocycles. The average Bonchev–Trinajstić information content (AvgIpc) is 3.25. The third-order valence-electron chi connectivity index (χ3n) is 4.58. The van der Waals surface area contributed by atoms with Gasteiger partial charge in [-0.05, 0) is 24.6 Å². The fraction of sp³-hybridized carbons (Fsp3) is 0.444. The van der Waals surface area contributed by atoms with E-state index >= 15 is 0 Å². The number of amides is 4. The van der Waals surface area contributed by atoms with Crippen LogP contribution in [-0.2, 0) is 19.1 Å². The Hall–Kier alpha value is -3.10. The van der Waals surface area contributed by atoms with E-state index in [2.05, 4.69) is 5.32 Å². The van der Waals surface area contributed by atoms with Crippen molar-refractivity contribution in [2.24, 2.45) is 5.92 Å². The molecule has 9 heteroatoms. The van der Waals surface area contributed by atoms with Crippen molar-refractivity contribution in [2.45, 2.75) is 13.3 Å². The Kier molecular flexibility index (Phi) is 5.29. The molecule has 2 heterocycles. The molecule has 0 unspecified atom stereocenters. The number of benzene rings is 1. The Morgan fingerprint density at radius 3 is 2.74 bits per heavy atom. The standard InChI is InChI=1S/C18H21N3O6/c1-11-3-4-14(26-2)13(7-11)21-9-12(8-15(21)22)17(24)27-10-16(23)20-6-5-19-18(20)25/h3-4,7,12H,5-6,8-10H2,1-2H3,(H,19,25)/t12-/m0/s1. The third kappa shape index (κ3) is 3.86. The minimum absolute atomic E-state index is 0.00563. The zero-order valence-electron chi connectivity index (χ0n) is 15.2. The van der Waals surface area contributed by atoms with Crippen LogP contribution in [0.4, 0.5) is 10.5 Å². The lowest BCUT2D eigenvalue weighted by atomic mass is 10.1. The Morgan fingerprint density at radius 1 is 1.30 bits per heavy atom. The molecule has 1 atom stereocenters. The predicted octanol–water partition coefficient (Wildman–Crippen LogP) is 0.452. The van der Waals surface area contributed by atoms with Crippen LogP contribution in [0.15, 0.2) is 18.2 Å². The third-order valence-corrected chi connectivity index (χ3v) is 4.58. The topological polar surface area (TPSA) is 105 Å². The first-order chi connectivity index (χ1) is 12.9. The van der Waals surface area contributed by atoms with E-state index in [9.17, 15) is 19.2 Å². The summed E-state index contributed by atoms with van der Waals surface area (Å²) in [6.07, 6.45) is -0.00563. The lowest BCUT2D eigenvalue weighted by molar-refractivity contribution is -0.154. The number of imide groups is 1. The molecule has 144 valence electrons. The zero-order valence-corrected chi connectivity index (χ0v) is 15.2. The molecule has 0 bridgehead atoms. The van der Waals surface area contributed by atoms with E-state index in [0.717, 1.165) is 10.5 Å². The van der Waals surface area contributed by atoms with Gasteiger partial charge < -0.3 is 19.7 Å². The van der Waals surface area contributed by atoms with Crippen molar-refractivity contribution in [2.75, 3.05) is 38.3 Å². The summed E-state index contributed by atoms with van der Waals surface area (Å²) in [6, 6.07) is 4.96. The Morgan fingerprint density at radius 2 is 2.07 bits per heavy atom. The number of nitrogens with one attached hydrogen (secondary N) is 1. The smallest absolute Gasteiger partial charge is 0.324 e. The number of carbonyl (C=O) groups is 4. The van der Waals surface area contributed by atoms with Gasteiger partial charge in [0, 0.05) is 26.1 Å². The Balaban J connectivity index is 1.61. The second-order valence-electron chi connectivity index (χ2n) is 6.47. The molecule has 2 aliphatic rings. The van der Waals surface area contributed by atoms with Crippen molar-refractivity contribution >= 4 is 29.5 Å². The summed E-state index contributed by atoms with van der Waals surface area (Å²) >= 11 is 0. The van der Waals surface area contributed by atoms with Crippen LogP contribution in [0, 0.1) is 12.8 Å². The normalized spacial score (nSPS) is 19.3. The number of hydrogen-bond acceptors (Lipinski definition) is 6. The SMILES string of the molecule is COc1ccc(C)cc1N1C[C@@H](C(=O)OCC(=O)N2CCNC2=O)CC1=O. The van der Waals surface area contributed by atoms with E-state index in [1.807, 2.05) is 19.1 Å². The highest BCUT2D eigenvalue weighted by Crippen LogP contribution is 2.34. The van der Waals surface area contributed by atoms with Gasteiger partial charge in [0.25, 0.3) is 5.91 Å². The van der Waals surface area contributed by atoms with Crippen LogP contribution in [-0.4, -0.2) is 62.1 Å². The van der Waals surface area contributed by atoms with Crippen molar-refractivity contribution in [1.82, 2.24) is 10.2 Å². The number of anilines is 1. The molecular weight excluding hydrogens is 354 g/mol. The second kappa shape index (κ2) is 7.65. The minimum Gasteiger partial charge on any atom is -0.495 e. The first-order valence-electron chi connectivity index (χ1n) is 8.60. The van der Waals surface area contributed by atoms with Crippen LogP contribution in [0.1, 0.15) is 12.0 Å². The molecule has 0 aromatic heterocycles. The van der Waals surface area contributed by atoms with Gasteiger partial charge in [0.15, 0.2) is 6.61 Å². The summed E-state index contributed by atoms with van der Waals surface area (Å²) in [5, 5.41) is 2.50. The molecule has 2 fully saturated rings. The monoisotopic (exact) mass is 375 g/mol. The first-order valence-corrected chi connectivity index (χ1v) is 8.60. The Labute approximate surface area is 156 Å². The number of ether oxygens (including phenoxy) is 2. The fourth-order valence-electron chi connectivity index (χ4n) is 3.15. The highest BCUT2D eigenvalue weighted by molar-refractivity contribution is 6.01. The van der Waals surface area contributed by atoms with Crippen molar-refractivity contribution in [3.63, 3.8) is 0 Å². The summed E-state index contributed by atoms with van der Waals surface area (Å²) in [5.41, 5.74) is 1.56. The quantitative estimate of drug-likeness (QED) is 0.750. The highest BCUT2D eigenvalue weighted by atomic mass is 16.5. The molecule has 3 rings (SSSR count). The molecule has 9 nitrogen and oxygen atoms in total. The number of carbonyl (C=O) groups excluding carboxylic acids is 4. The zero-order chi connectivity index (χ0) is 19.6. The first kappa shape index (κ1) is 18.7. The maximum absolute atomic E-state index is 12.4. The van der Waals surface area contributed by atoms with E-state index in [4.69, 9.17) is 9.47 Å². The summed E-state index contributed by atoms with van der Waals surface area (Å²) in [7, 11) is 1.51. The maximum Gasteiger partial charge on any atom is 0.324 e. The van der Waals surface area contributed by atoms with Crippen LogP contribution >= 0.6 is 0 Å². The number of aryl methyl sites for hydroxylation is 1. The van der Waals surface area contributed by atoms with Crippen LogP contribution in [0.2, 0.25) is 0 Å². The van der Waals surface area contributed by atoms with Gasteiger partial charge in [-0.1, -0.05) is 6.07 Å². The molecule has 0 spiro atoms. The van der Waals surface area contributed by atoms with Crippen molar-refractivity contribution in [3.8, 4) is 5.75 Å². The van der Waals surface area contributed by atoms with E-state index in [1.165, 1.54) is 12.0 Å². The molecule has 1 aromatic carbocycles. The van der Waals surface area contributed by atoms with Gasteiger partial charge in [0.1, 0.15) is 5.75 Å². The fourth-order valence-corrected chi connectivity index (χ4v) is 3.15. The number of urea groups is 1. The largest absolute Gasteiger partial charge is 0.495 e. The second-order valence-corrected chi connectivity index (χ2v) is 6.47. The summed E-state index contributed by atoms with van der Waals surface area (Å²) in [6.45, 7) is 2.15. The molecule has 0 saturated carbocycles.